The van der Waals surface area contributed by atoms with E-state index in [1.165, 1.54) is 32.1 Å². The summed E-state index contributed by atoms with van der Waals surface area (Å²) in [6, 6.07) is 0. The smallest absolute Gasteiger partial charge is 0.263 e. The van der Waals surface area contributed by atoms with E-state index in [9.17, 15) is 4.79 Å². The van der Waals surface area contributed by atoms with E-state index in [0.717, 1.165) is 0 Å². The Hall–Kier alpha value is -0.610. The maximum atomic E-state index is 11.5. The second-order valence-electron chi connectivity index (χ2n) is 5.01. The third kappa shape index (κ3) is 4.10. The number of nitrogens with one attached hydrogen (secondary N) is 1. The van der Waals surface area contributed by atoms with Gasteiger partial charge in [0.1, 0.15) is 6.10 Å². The molecule has 3 N–H and O–H groups in total. The first-order valence-corrected chi connectivity index (χ1v) is 6.27. The summed E-state index contributed by atoms with van der Waals surface area (Å²) < 4.78 is 5.70. The van der Waals surface area contributed by atoms with E-state index < -0.39 is 6.10 Å². The van der Waals surface area contributed by atoms with Gasteiger partial charge < -0.3 is 4.74 Å². The Labute approximate surface area is 97.9 Å². The number of ether oxygens (including phenoxy) is 1. The largest absolute Gasteiger partial charge is 0.368 e. The van der Waals surface area contributed by atoms with Crippen LogP contribution in [-0.4, -0.2) is 18.6 Å². The van der Waals surface area contributed by atoms with Crippen LogP contribution >= 0.6 is 0 Å². The van der Waals surface area contributed by atoms with Crippen molar-refractivity contribution in [2.24, 2.45) is 17.7 Å². The Morgan fingerprint density at radius 1 is 1.38 bits per heavy atom. The van der Waals surface area contributed by atoms with Gasteiger partial charge in [-0.25, -0.2) is 5.84 Å². The molecule has 0 aromatic heterocycles. The lowest BCUT2D eigenvalue weighted by atomic mass is 9.90. The van der Waals surface area contributed by atoms with Crippen LogP contribution in [0.4, 0.5) is 0 Å². The van der Waals surface area contributed by atoms with Gasteiger partial charge in [0.25, 0.3) is 5.91 Å². The van der Waals surface area contributed by atoms with Gasteiger partial charge >= 0.3 is 0 Å². The van der Waals surface area contributed by atoms with E-state index in [2.05, 4.69) is 5.43 Å². The molecule has 1 aliphatic carbocycles. The third-order valence-electron chi connectivity index (χ3n) is 3.24. The SMILES string of the molecule is CC(C)C(OCC1CCCCC1)C(=O)NN. The quantitative estimate of drug-likeness (QED) is 0.427. The molecule has 1 fully saturated rings. The molecule has 94 valence electrons. The number of amides is 1. The number of nitrogens with two attached hydrogens (primary N) is 1. The van der Waals surface area contributed by atoms with Crippen LogP contribution in [0.25, 0.3) is 0 Å². The summed E-state index contributed by atoms with van der Waals surface area (Å²) >= 11 is 0. The molecule has 0 heterocycles. The van der Waals surface area contributed by atoms with Crippen molar-refractivity contribution < 1.29 is 9.53 Å². The summed E-state index contributed by atoms with van der Waals surface area (Å²) in [5.41, 5.74) is 2.17. The highest BCUT2D eigenvalue weighted by molar-refractivity contribution is 5.80. The van der Waals surface area contributed by atoms with Crippen LogP contribution in [0.3, 0.4) is 0 Å². The molecule has 1 unspecified atom stereocenters. The molecule has 0 spiro atoms. The number of hydrogen-bond acceptors (Lipinski definition) is 3. The lowest BCUT2D eigenvalue weighted by Gasteiger charge is -2.25. The highest BCUT2D eigenvalue weighted by atomic mass is 16.5. The van der Waals surface area contributed by atoms with E-state index in [1.54, 1.807) is 0 Å². The highest BCUT2D eigenvalue weighted by Crippen LogP contribution is 2.24. The fourth-order valence-corrected chi connectivity index (χ4v) is 2.25. The van der Waals surface area contributed by atoms with Gasteiger partial charge in [0, 0.05) is 0 Å². The number of hydrazine groups is 1. The Kier molecular flexibility index (Phi) is 5.77. The Bertz CT molecular complexity index is 213. The fourth-order valence-electron chi connectivity index (χ4n) is 2.25. The lowest BCUT2D eigenvalue weighted by molar-refractivity contribution is -0.137. The molecular formula is C12H24N2O2. The van der Waals surface area contributed by atoms with Crippen LogP contribution in [0, 0.1) is 11.8 Å². The van der Waals surface area contributed by atoms with E-state index in [0.29, 0.717) is 12.5 Å². The van der Waals surface area contributed by atoms with Crippen LogP contribution in [0.1, 0.15) is 46.0 Å². The van der Waals surface area contributed by atoms with Gasteiger partial charge in [0.05, 0.1) is 6.61 Å². The summed E-state index contributed by atoms with van der Waals surface area (Å²) in [5.74, 6) is 5.71. The molecular weight excluding hydrogens is 204 g/mol. The first kappa shape index (κ1) is 13.5. The van der Waals surface area contributed by atoms with Crippen molar-refractivity contribution >= 4 is 5.91 Å². The zero-order valence-corrected chi connectivity index (χ0v) is 10.4. The second-order valence-corrected chi connectivity index (χ2v) is 5.01. The van der Waals surface area contributed by atoms with E-state index >= 15 is 0 Å². The van der Waals surface area contributed by atoms with Crippen molar-refractivity contribution in [3.8, 4) is 0 Å². The standard InChI is InChI=1S/C12H24N2O2/c1-9(2)11(12(15)14-13)16-8-10-6-4-3-5-7-10/h9-11H,3-8,13H2,1-2H3,(H,14,15). The van der Waals surface area contributed by atoms with Crippen LogP contribution < -0.4 is 11.3 Å². The summed E-state index contributed by atoms with van der Waals surface area (Å²) in [7, 11) is 0. The predicted molar refractivity (Wildman–Crippen MR) is 63.5 cm³/mol. The number of rotatable bonds is 5. The average molecular weight is 228 g/mol. The van der Waals surface area contributed by atoms with E-state index in [1.807, 2.05) is 13.8 Å². The molecule has 4 heteroatoms. The van der Waals surface area contributed by atoms with Crippen molar-refractivity contribution in [3.05, 3.63) is 0 Å². The van der Waals surface area contributed by atoms with Crippen molar-refractivity contribution in [1.29, 1.82) is 0 Å². The topological polar surface area (TPSA) is 64.3 Å². The molecule has 1 saturated carbocycles. The number of carbonyl (C=O) groups is 1. The summed E-state index contributed by atoms with van der Waals surface area (Å²) in [4.78, 5) is 11.5. The molecule has 0 aromatic carbocycles. The molecule has 1 amide bonds. The van der Waals surface area contributed by atoms with Crippen LogP contribution in [0.15, 0.2) is 0 Å². The van der Waals surface area contributed by atoms with Gasteiger partial charge in [-0.2, -0.15) is 0 Å². The molecule has 0 bridgehead atoms. The Morgan fingerprint density at radius 3 is 2.50 bits per heavy atom. The Morgan fingerprint density at radius 2 is 2.00 bits per heavy atom. The van der Waals surface area contributed by atoms with Gasteiger partial charge in [-0.05, 0) is 24.7 Å². The first-order chi connectivity index (χ1) is 7.65. The molecule has 1 aliphatic rings. The zero-order valence-electron chi connectivity index (χ0n) is 10.4. The highest BCUT2D eigenvalue weighted by Gasteiger charge is 2.24. The van der Waals surface area contributed by atoms with Gasteiger partial charge in [-0.1, -0.05) is 33.1 Å². The van der Waals surface area contributed by atoms with Crippen molar-refractivity contribution in [1.82, 2.24) is 5.43 Å². The van der Waals surface area contributed by atoms with Crippen molar-refractivity contribution in [2.45, 2.75) is 52.1 Å². The fraction of sp³-hybridized carbons (Fsp3) is 0.917. The maximum Gasteiger partial charge on any atom is 0.263 e. The van der Waals surface area contributed by atoms with E-state index in [4.69, 9.17) is 10.6 Å². The number of carbonyl (C=O) groups excluding carboxylic acids is 1. The third-order valence-corrected chi connectivity index (χ3v) is 3.24. The molecule has 1 rings (SSSR count). The monoisotopic (exact) mass is 228 g/mol. The van der Waals surface area contributed by atoms with Crippen LogP contribution in [-0.2, 0) is 9.53 Å². The molecule has 4 nitrogen and oxygen atoms in total. The van der Waals surface area contributed by atoms with E-state index in [-0.39, 0.29) is 11.8 Å². The molecule has 1 atom stereocenters. The second kappa shape index (κ2) is 6.86. The molecule has 16 heavy (non-hydrogen) atoms. The van der Waals surface area contributed by atoms with Crippen LogP contribution in [0.5, 0.6) is 0 Å². The van der Waals surface area contributed by atoms with Gasteiger partial charge in [-0.3, -0.25) is 10.2 Å². The first-order valence-electron chi connectivity index (χ1n) is 6.27. The minimum Gasteiger partial charge on any atom is -0.368 e. The van der Waals surface area contributed by atoms with Gasteiger partial charge in [0.15, 0.2) is 0 Å². The number of hydrogen-bond donors (Lipinski definition) is 2. The average Bonchev–Trinajstić information content (AvgIpc) is 2.30. The normalized spacial score (nSPS) is 19.8. The molecule has 0 saturated heterocycles. The minimum atomic E-state index is -0.410. The minimum absolute atomic E-state index is 0.159. The van der Waals surface area contributed by atoms with Crippen LogP contribution in [0.2, 0.25) is 0 Å². The summed E-state index contributed by atoms with van der Waals surface area (Å²) in [5, 5.41) is 0. The lowest BCUT2D eigenvalue weighted by Crippen LogP contribution is -2.43. The molecule has 0 aromatic rings. The summed E-state index contributed by atoms with van der Waals surface area (Å²) in [6.07, 6.45) is 5.98. The maximum absolute atomic E-state index is 11.5. The summed E-state index contributed by atoms with van der Waals surface area (Å²) in [6.45, 7) is 4.64. The van der Waals surface area contributed by atoms with Gasteiger partial charge in [0.2, 0.25) is 0 Å². The van der Waals surface area contributed by atoms with Crippen molar-refractivity contribution in [2.75, 3.05) is 6.61 Å². The van der Waals surface area contributed by atoms with Gasteiger partial charge in [-0.15, -0.1) is 0 Å². The van der Waals surface area contributed by atoms with Crippen molar-refractivity contribution in [3.63, 3.8) is 0 Å². The molecule has 0 radical (unpaired) electrons. The predicted octanol–water partition coefficient (Wildman–Crippen LogP) is 1.60. The zero-order chi connectivity index (χ0) is 12.0. The molecule has 0 aliphatic heterocycles. The Balaban J connectivity index is 2.34.